The van der Waals surface area contributed by atoms with Crippen LogP contribution < -0.4 is 15.4 Å². The van der Waals surface area contributed by atoms with Gasteiger partial charge in [0, 0.05) is 19.9 Å². The molecule has 0 spiro atoms. The normalized spacial score (nSPS) is 12.9. The van der Waals surface area contributed by atoms with Crippen LogP contribution in [0.4, 0.5) is 13.6 Å². The number of nitrogens with zero attached hydrogens (tertiary/aromatic N) is 2. The number of imidazole rings is 1. The number of rotatable bonds is 10. The van der Waals surface area contributed by atoms with Crippen molar-refractivity contribution in [2.75, 3.05) is 13.7 Å². The van der Waals surface area contributed by atoms with Gasteiger partial charge >= 0.3 is 6.09 Å². The lowest BCUT2D eigenvalue weighted by atomic mass is 9.99. The molecule has 0 bridgehead atoms. The van der Waals surface area contributed by atoms with Crippen molar-refractivity contribution in [1.29, 1.82) is 0 Å². The number of hydrogen-bond acceptors (Lipinski definition) is 5. The number of benzene rings is 1. The van der Waals surface area contributed by atoms with E-state index in [1.165, 1.54) is 17.6 Å². The van der Waals surface area contributed by atoms with Crippen molar-refractivity contribution in [2.45, 2.75) is 45.9 Å². The number of aryl methyl sites for hydroxylation is 1. The molecule has 3 rings (SSSR count). The molecule has 1 atom stereocenters. The Kier molecular flexibility index (Phi) is 7.90. The Morgan fingerprint density at radius 1 is 1.23 bits per heavy atom. The highest BCUT2D eigenvalue weighted by Crippen LogP contribution is 2.26. The van der Waals surface area contributed by atoms with E-state index in [2.05, 4.69) is 15.6 Å². The molecule has 0 aliphatic rings. The van der Waals surface area contributed by atoms with E-state index in [1.807, 2.05) is 0 Å². The number of fused-ring (bicyclic) bond motifs is 1. The highest BCUT2D eigenvalue weighted by Gasteiger charge is 2.28. The Morgan fingerprint density at radius 3 is 2.51 bits per heavy atom. The quantitative estimate of drug-likeness (QED) is 0.398. The Balaban J connectivity index is 1.96. The number of methoxy groups -OCH3 is 1. The van der Waals surface area contributed by atoms with Gasteiger partial charge in [0.2, 0.25) is 0 Å². The molecule has 0 aliphatic heterocycles. The van der Waals surface area contributed by atoms with Crippen LogP contribution in [0, 0.1) is 18.6 Å². The third-order valence-corrected chi connectivity index (χ3v) is 5.65. The average molecular weight is 491 g/mol. The van der Waals surface area contributed by atoms with Crippen molar-refractivity contribution in [3.8, 4) is 5.75 Å². The van der Waals surface area contributed by atoms with E-state index < -0.39 is 29.2 Å². The highest BCUT2D eigenvalue weighted by atomic mass is 19.1. The first-order valence-electron chi connectivity index (χ1n) is 10.9. The molecule has 2 aromatic heterocycles. The molecule has 0 saturated heterocycles. The van der Waals surface area contributed by atoms with Crippen LogP contribution in [0.15, 0.2) is 30.5 Å². The predicted molar refractivity (Wildman–Crippen MR) is 124 cm³/mol. The van der Waals surface area contributed by atoms with Crippen LogP contribution in [0.25, 0.3) is 5.65 Å². The van der Waals surface area contributed by atoms with Crippen molar-refractivity contribution in [1.82, 2.24) is 20.0 Å². The van der Waals surface area contributed by atoms with Crippen LogP contribution in [0.3, 0.4) is 0 Å². The number of halogens is 2. The molecule has 35 heavy (non-hydrogen) atoms. The number of ether oxygens (including phenoxy) is 2. The summed E-state index contributed by atoms with van der Waals surface area (Å²) in [5.74, 6) is -1.72. The van der Waals surface area contributed by atoms with E-state index in [1.54, 1.807) is 33.0 Å². The summed E-state index contributed by atoms with van der Waals surface area (Å²) in [4.78, 5) is 28.8. The van der Waals surface area contributed by atoms with Crippen LogP contribution in [0.5, 0.6) is 5.75 Å². The van der Waals surface area contributed by atoms with Gasteiger partial charge in [-0.05, 0) is 44.0 Å². The molecule has 3 N–H and O–H groups in total. The van der Waals surface area contributed by atoms with Gasteiger partial charge in [-0.3, -0.25) is 9.20 Å². The maximum atomic E-state index is 14.1. The highest BCUT2D eigenvalue weighted by molar-refractivity contribution is 5.95. The minimum absolute atomic E-state index is 0.0171. The van der Waals surface area contributed by atoms with Crippen molar-refractivity contribution in [3.05, 3.63) is 64.6 Å². The predicted octanol–water partition coefficient (Wildman–Crippen LogP) is 3.81. The van der Waals surface area contributed by atoms with Crippen LogP contribution in [-0.4, -0.2) is 45.7 Å². The summed E-state index contributed by atoms with van der Waals surface area (Å²) >= 11 is 0. The van der Waals surface area contributed by atoms with E-state index in [9.17, 15) is 18.4 Å². The van der Waals surface area contributed by atoms with Gasteiger partial charge in [-0.2, -0.15) is 0 Å². The summed E-state index contributed by atoms with van der Waals surface area (Å²) in [6.45, 7) is 4.95. The molecule has 2 amide bonds. The largest absolute Gasteiger partial charge is 0.485 e. The first kappa shape index (κ1) is 25.9. The summed E-state index contributed by atoms with van der Waals surface area (Å²) in [5, 5.41) is 14.3. The lowest BCUT2D eigenvalue weighted by molar-refractivity contribution is 0.0926. The van der Waals surface area contributed by atoms with Gasteiger partial charge in [0.25, 0.3) is 5.91 Å². The van der Waals surface area contributed by atoms with E-state index in [-0.39, 0.29) is 42.4 Å². The van der Waals surface area contributed by atoms with Crippen molar-refractivity contribution >= 4 is 17.6 Å². The van der Waals surface area contributed by atoms with Crippen LogP contribution in [0.1, 0.15) is 47.6 Å². The van der Waals surface area contributed by atoms with E-state index in [4.69, 9.17) is 14.6 Å². The van der Waals surface area contributed by atoms with Gasteiger partial charge < -0.3 is 25.2 Å². The Bertz CT molecular complexity index is 1230. The lowest BCUT2D eigenvalue weighted by Crippen LogP contribution is -2.53. The zero-order valence-corrected chi connectivity index (χ0v) is 19.9. The fraction of sp³-hybridized carbons (Fsp3) is 0.375. The number of aromatic nitrogens is 2. The monoisotopic (exact) mass is 490 g/mol. The number of carboxylic acid groups (broad SMARTS) is 1. The number of carbonyl (C=O) groups excluding carboxylic acids is 1. The molecule has 0 radical (unpaired) electrons. The summed E-state index contributed by atoms with van der Waals surface area (Å²) < 4.78 is 40.6. The van der Waals surface area contributed by atoms with E-state index >= 15 is 0 Å². The maximum absolute atomic E-state index is 14.1. The molecule has 0 fully saturated rings. The summed E-state index contributed by atoms with van der Waals surface area (Å²) in [6, 6.07) is 5.21. The zero-order chi connectivity index (χ0) is 25.8. The van der Waals surface area contributed by atoms with E-state index in [0.29, 0.717) is 17.7 Å². The van der Waals surface area contributed by atoms with Gasteiger partial charge in [-0.15, -0.1) is 0 Å². The summed E-state index contributed by atoms with van der Waals surface area (Å²) in [5.41, 5.74) is 0.383. The molecule has 1 aromatic carbocycles. The Morgan fingerprint density at radius 2 is 1.91 bits per heavy atom. The molecule has 11 heteroatoms. The third-order valence-electron chi connectivity index (χ3n) is 5.65. The van der Waals surface area contributed by atoms with Gasteiger partial charge in [-0.25, -0.2) is 18.6 Å². The molecule has 2 heterocycles. The average Bonchev–Trinajstić information content (AvgIpc) is 3.15. The second-order valence-corrected chi connectivity index (χ2v) is 8.43. The summed E-state index contributed by atoms with van der Waals surface area (Å²) in [7, 11) is 1.46. The lowest BCUT2D eigenvalue weighted by Gasteiger charge is -2.28. The number of pyridine rings is 1. The number of hydrogen-bond donors (Lipinski definition) is 3. The minimum atomic E-state index is -1.19. The molecule has 0 aliphatic carbocycles. The molecule has 9 nitrogen and oxygen atoms in total. The molecule has 188 valence electrons. The van der Waals surface area contributed by atoms with Crippen LogP contribution in [-0.2, 0) is 18.0 Å². The first-order chi connectivity index (χ1) is 16.6. The van der Waals surface area contributed by atoms with Gasteiger partial charge in [0.05, 0.1) is 23.4 Å². The van der Waals surface area contributed by atoms with E-state index in [0.717, 1.165) is 12.1 Å². The molecular formula is C24H28F2N4O5. The maximum Gasteiger partial charge on any atom is 0.405 e. The second-order valence-electron chi connectivity index (χ2n) is 8.43. The standard InChI is InChI=1S/C24H28F2N4O5/c1-5-24(3,29-23(32)33)13-27-22(31)20-18(12-34-4)28-21-19(9-14(2)10-30(20)21)35-11-15-16(25)7-6-8-17(15)26/h6-10,29H,5,11-13H2,1-4H3,(H,27,31)(H,32,33). The molecule has 1 unspecified atom stereocenters. The van der Waals surface area contributed by atoms with Crippen LogP contribution in [0.2, 0.25) is 0 Å². The smallest absolute Gasteiger partial charge is 0.405 e. The molecular weight excluding hydrogens is 462 g/mol. The SMILES string of the molecule is CCC(C)(CNC(=O)c1c(COC)nc2c(OCc3c(F)cccc3F)cc(C)cn12)NC(=O)O. The number of carbonyl (C=O) groups is 2. The fourth-order valence-corrected chi connectivity index (χ4v) is 3.57. The fourth-order valence-electron chi connectivity index (χ4n) is 3.57. The molecule has 3 aromatic rings. The van der Waals surface area contributed by atoms with Crippen LogP contribution >= 0.6 is 0 Å². The van der Waals surface area contributed by atoms with Crippen molar-refractivity contribution in [3.63, 3.8) is 0 Å². The number of amides is 2. The van der Waals surface area contributed by atoms with Gasteiger partial charge in [-0.1, -0.05) is 13.0 Å². The van der Waals surface area contributed by atoms with Gasteiger partial charge in [0.15, 0.2) is 11.4 Å². The zero-order valence-electron chi connectivity index (χ0n) is 19.9. The Labute approximate surface area is 201 Å². The Hall–Kier alpha value is -3.73. The topological polar surface area (TPSA) is 114 Å². The molecule has 0 saturated carbocycles. The van der Waals surface area contributed by atoms with Gasteiger partial charge in [0.1, 0.15) is 23.9 Å². The second kappa shape index (κ2) is 10.7. The van der Waals surface area contributed by atoms with Crippen molar-refractivity contribution < 1.29 is 33.0 Å². The van der Waals surface area contributed by atoms with Crippen molar-refractivity contribution in [2.24, 2.45) is 0 Å². The first-order valence-corrected chi connectivity index (χ1v) is 10.9. The summed E-state index contributed by atoms with van der Waals surface area (Å²) in [6.07, 6.45) is 0.935. The third kappa shape index (κ3) is 5.86. The minimum Gasteiger partial charge on any atom is -0.485 e. The number of nitrogens with one attached hydrogen (secondary N) is 2.